The van der Waals surface area contributed by atoms with Crippen LogP contribution in [0, 0.1) is 0 Å². The van der Waals surface area contributed by atoms with E-state index in [2.05, 4.69) is 17.4 Å². The van der Waals surface area contributed by atoms with Crippen LogP contribution in [0.5, 0.6) is 0 Å². The molecule has 0 saturated heterocycles. The number of nitrogens with one attached hydrogen (secondary N) is 1. The van der Waals surface area contributed by atoms with Gasteiger partial charge in [-0.3, -0.25) is 0 Å². The first-order valence-corrected chi connectivity index (χ1v) is 4.94. The minimum Gasteiger partial charge on any atom is -0.399 e. The van der Waals surface area contributed by atoms with Crippen molar-refractivity contribution in [3.63, 3.8) is 0 Å². The first-order chi connectivity index (χ1) is 6.27. The zero-order valence-electron chi connectivity index (χ0n) is 7.64. The molecule has 3 N–H and O–H groups in total. The van der Waals surface area contributed by atoms with Crippen LogP contribution < -0.4 is 11.1 Å². The lowest BCUT2D eigenvalue weighted by atomic mass is 9.96. The summed E-state index contributed by atoms with van der Waals surface area (Å²) in [5.74, 6) is 0. The van der Waals surface area contributed by atoms with Gasteiger partial charge in [0.2, 0.25) is 0 Å². The van der Waals surface area contributed by atoms with Crippen molar-refractivity contribution in [1.82, 2.24) is 0 Å². The summed E-state index contributed by atoms with van der Waals surface area (Å²) in [6.45, 7) is 0. The second kappa shape index (κ2) is 2.19. The van der Waals surface area contributed by atoms with E-state index in [1.807, 2.05) is 6.07 Å². The second-order valence-electron chi connectivity index (χ2n) is 4.32. The molecule has 68 valence electrons. The van der Waals surface area contributed by atoms with E-state index in [1.54, 1.807) is 0 Å². The molecule has 1 saturated carbocycles. The molecule has 1 heterocycles. The van der Waals surface area contributed by atoms with Crippen LogP contribution in [0.2, 0.25) is 0 Å². The van der Waals surface area contributed by atoms with Crippen molar-refractivity contribution in [2.45, 2.75) is 31.2 Å². The zero-order chi connectivity index (χ0) is 8.89. The molecule has 2 nitrogen and oxygen atoms in total. The maximum absolute atomic E-state index is 5.74. The largest absolute Gasteiger partial charge is 0.399 e. The van der Waals surface area contributed by atoms with E-state index in [-0.39, 0.29) is 0 Å². The predicted octanol–water partition coefficient (Wildman–Crippen LogP) is 2.16. The molecule has 2 heteroatoms. The van der Waals surface area contributed by atoms with Crippen molar-refractivity contribution < 1.29 is 0 Å². The molecule has 0 unspecified atom stereocenters. The summed E-state index contributed by atoms with van der Waals surface area (Å²) in [6.07, 6.45) is 5.16. The van der Waals surface area contributed by atoms with Gasteiger partial charge in [-0.1, -0.05) is 0 Å². The van der Waals surface area contributed by atoms with Gasteiger partial charge in [0.1, 0.15) is 0 Å². The fourth-order valence-corrected chi connectivity index (χ4v) is 2.19. The molecular weight excluding hydrogens is 160 g/mol. The number of rotatable bonds is 0. The van der Waals surface area contributed by atoms with E-state index >= 15 is 0 Å². The van der Waals surface area contributed by atoms with Crippen molar-refractivity contribution in [2.75, 3.05) is 11.1 Å². The monoisotopic (exact) mass is 174 g/mol. The summed E-state index contributed by atoms with van der Waals surface area (Å²) < 4.78 is 0. The number of benzene rings is 1. The number of aryl methyl sites for hydroxylation is 1. The van der Waals surface area contributed by atoms with Crippen LogP contribution in [-0.4, -0.2) is 5.54 Å². The number of hydrogen-bond donors (Lipinski definition) is 2. The van der Waals surface area contributed by atoms with Gasteiger partial charge in [-0.05, 0) is 49.4 Å². The molecule has 1 aromatic rings. The van der Waals surface area contributed by atoms with Gasteiger partial charge in [0.15, 0.2) is 0 Å². The number of anilines is 2. The maximum Gasteiger partial charge on any atom is 0.0378 e. The molecule has 0 radical (unpaired) electrons. The van der Waals surface area contributed by atoms with Gasteiger partial charge in [0, 0.05) is 16.9 Å². The Labute approximate surface area is 78.1 Å². The van der Waals surface area contributed by atoms with Crippen LogP contribution in [-0.2, 0) is 6.42 Å². The highest BCUT2D eigenvalue weighted by Gasteiger charge is 2.44. The van der Waals surface area contributed by atoms with Gasteiger partial charge in [0.05, 0.1) is 0 Å². The van der Waals surface area contributed by atoms with Gasteiger partial charge in [-0.15, -0.1) is 0 Å². The number of nitrogens with two attached hydrogens (primary N) is 1. The Bertz CT molecular complexity index is 353. The Morgan fingerprint density at radius 2 is 2.08 bits per heavy atom. The summed E-state index contributed by atoms with van der Waals surface area (Å²) in [7, 11) is 0. The van der Waals surface area contributed by atoms with Crippen LogP contribution in [0.1, 0.15) is 24.8 Å². The summed E-state index contributed by atoms with van der Waals surface area (Å²) in [4.78, 5) is 0. The predicted molar refractivity (Wildman–Crippen MR) is 54.8 cm³/mol. The Kier molecular flexibility index (Phi) is 1.22. The van der Waals surface area contributed by atoms with Crippen LogP contribution in [0.4, 0.5) is 11.4 Å². The summed E-state index contributed by atoms with van der Waals surface area (Å²) >= 11 is 0. The Morgan fingerprint density at radius 1 is 1.23 bits per heavy atom. The number of nitrogen functional groups attached to an aromatic ring is 1. The lowest BCUT2D eigenvalue weighted by Gasteiger charge is -2.27. The first kappa shape index (κ1) is 7.25. The molecule has 0 atom stereocenters. The third kappa shape index (κ3) is 1.09. The highest BCUT2D eigenvalue weighted by Crippen LogP contribution is 2.46. The Hall–Kier alpha value is -1.18. The highest BCUT2D eigenvalue weighted by atomic mass is 15.0. The van der Waals surface area contributed by atoms with Crippen LogP contribution >= 0.6 is 0 Å². The fourth-order valence-electron chi connectivity index (χ4n) is 2.19. The van der Waals surface area contributed by atoms with Crippen LogP contribution in [0.3, 0.4) is 0 Å². The van der Waals surface area contributed by atoms with E-state index in [4.69, 9.17) is 5.73 Å². The molecular formula is C11H14N2. The fraction of sp³-hybridized carbons (Fsp3) is 0.455. The average molecular weight is 174 g/mol. The van der Waals surface area contributed by atoms with E-state index in [9.17, 15) is 0 Å². The molecule has 13 heavy (non-hydrogen) atoms. The summed E-state index contributed by atoms with van der Waals surface area (Å²) in [6, 6.07) is 6.19. The SMILES string of the molecule is Nc1ccc2c(c1)CCC1(CC1)N2. The van der Waals surface area contributed by atoms with Crippen molar-refractivity contribution in [1.29, 1.82) is 0 Å². The van der Waals surface area contributed by atoms with E-state index in [1.165, 1.54) is 36.9 Å². The van der Waals surface area contributed by atoms with Crippen LogP contribution in [0.15, 0.2) is 18.2 Å². The molecule has 1 aliphatic heterocycles. The lowest BCUT2D eigenvalue weighted by molar-refractivity contribution is 0.629. The number of fused-ring (bicyclic) bond motifs is 1. The van der Waals surface area contributed by atoms with Crippen molar-refractivity contribution in [3.05, 3.63) is 23.8 Å². The van der Waals surface area contributed by atoms with E-state index in [0.29, 0.717) is 5.54 Å². The van der Waals surface area contributed by atoms with Gasteiger partial charge in [-0.2, -0.15) is 0 Å². The Morgan fingerprint density at radius 3 is 2.85 bits per heavy atom. The third-order valence-corrected chi connectivity index (χ3v) is 3.26. The summed E-state index contributed by atoms with van der Waals surface area (Å²) in [5.41, 5.74) is 9.78. The molecule has 3 rings (SSSR count). The maximum atomic E-state index is 5.74. The van der Waals surface area contributed by atoms with E-state index in [0.717, 1.165) is 5.69 Å². The van der Waals surface area contributed by atoms with Crippen molar-refractivity contribution >= 4 is 11.4 Å². The van der Waals surface area contributed by atoms with E-state index < -0.39 is 0 Å². The number of hydrogen-bond acceptors (Lipinski definition) is 2. The minimum absolute atomic E-state index is 0.475. The normalized spacial score (nSPS) is 22.2. The van der Waals surface area contributed by atoms with Crippen LogP contribution in [0.25, 0.3) is 0 Å². The molecule has 1 fully saturated rings. The molecule has 0 aromatic heterocycles. The standard InChI is InChI=1S/C11H14N2/c12-9-1-2-10-8(7-9)3-4-11(13-10)5-6-11/h1-2,7,13H,3-6,12H2. The van der Waals surface area contributed by atoms with Crippen molar-refractivity contribution in [2.24, 2.45) is 0 Å². The topological polar surface area (TPSA) is 38.0 Å². The molecule has 1 aliphatic carbocycles. The molecule has 0 bridgehead atoms. The highest BCUT2D eigenvalue weighted by molar-refractivity contribution is 5.61. The van der Waals surface area contributed by atoms with Gasteiger partial charge < -0.3 is 11.1 Å². The average Bonchev–Trinajstić information content (AvgIpc) is 2.87. The summed E-state index contributed by atoms with van der Waals surface area (Å²) in [5, 5.41) is 3.62. The second-order valence-corrected chi connectivity index (χ2v) is 4.32. The zero-order valence-corrected chi connectivity index (χ0v) is 7.64. The van der Waals surface area contributed by atoms with Gasteiger partial charge in [0.25, 0.3) is 0 Å². The minimum atomic E-state index is 0.475. The molecule has 1 aromatic carbocycles. The molecule has 0 amide bonds. The third-order valence-electron chi connectivity index (χ3n) is 3.26. The quantitative estimate of drug-likeness (QED) is 0.591. The lowest BCUT2D eigenvalue weighted by Crippen LogP contribution is -2.26. The molecule has 2 aliphatic rings. The van der Waals surface area contributed by atoms with Crippen molar-refractivity contribution in [3.8, 4) is 0 Å². The Balaban J connectivity index is 2.00. The molecule has 1 spiro atoms. The van der Waals surface area contributed by atoms with Gasteiger partial charge >= 0.3 is 0 Å². The smallest absolute Gasteiger partial charge is 0.0378 e. The first-order valence-electron chi connectivity index (χ1n) is 4.94. The van der Waals surface area contributed by atoms with Gasteiger partial charge in [-0.25, -0.2) is 0 Å².